The molecule has 0 saturated carbocycles. The molecule has 0 aliphatic carbocycles. The minimum absolute atomic E-state index is 0. The van der Waals surface area contributed by atoms with Gasteiger partial charge in [0.2, 0.25) is 0 Å². The third-order valence-electron chi connectivity index (χ3n) is 4.28. The Bertz CT molecular complexity index is 296. The predicted octanol–water partition coefficient (Wildman–Crippen LogP) is 7.19. The molecule has 0 bridgehead atoms. The third kappa shape index (κ3) is 33.5. The normalized spacial score (nSPS) is 9.96. The summed E-state index contributed by atoms with van der Waals surface area (Å²) in [5, 5.41) is 0. The molecule has 164 valence electrons. The average molecular weight is 406 g/mol. The van der Waals surface area contributed by atoms with Gasteiger partial charge in [0, 0.05) is 13.0 Å². The van der Waals surface area contributed by atoms with E-state index in [0.29, 0.717) is 13.0 Å². The second kappa shape index (κ2) is 27.7. The zero-order chi connectivity index (χ0) is 19.9. The molecule has 0 radical (unpaired) electrons. The van der Waals surface area contributed by atoms with Crippen molar-refractivity contribution in [2.24, 2.45) is 0 Å². The van der Waals surface area contributed by atoms with Crippen LogP contribution in [0.4, 0.5) is 0 Å². The number of carbonyl (C=O) groups excluding carboxylic acids is 1. The lowest BCUT2D eigenvalue weighted by Gasteiger charge is -2.03. The largest absolute Gasteiger partial charge is 0.466 e. The molecule has 3 nitrogen and oxygen atoms in total. The topological polar surface area (TPSA) is 29.5 Å². The first-order valence-electron chi connectivity index (χ1n) is 11.0. The van der Waals surface area contributed by atoms with E-state index in [9.17, 15) is 4.79 Å². The van der Waals surface area contributed by atoms with E-state index < -0.39 is 0 Å². The van der Waals surface area contributed by atoms with Gasteiger partial charge < -0.3 is 9.64 Å². The Labute approximate surface area is 176 Å². The fourth-order valence-electron chi connectivity index (χ4n) is 2.78. The molecule has 0 aromatic heterocycles. The molecule has 27 heavy (non-hydrogen) atoms. The van der Waals surface area contributed by atoms with E-state index in [-0.39, 0.29) is 18.4 Å². The molecule has 0 amide bonds. The first-order valence-corrected chi connectivity index (χ1v) is 11.0. The molecule has 0 spiro atoms. The van der Waals surface area contributed by atoms with Gasteiger partial charge in [-0.3, -0.25) is 4.79 Å². The van der Waals surface area contributed by atoms with Crippen LogP contribution in [0, 0.1) is 0 Å². The predicted molar refractivity (Wildman–Crippen MR) is 123 cm³/mol. The van der Waals surface area contributed by atoms with Gasteiger partial charge in [-0.2, -0.15) is 0 Å². The van der Waals surface area contributed by atoms with Gasteiger partial charge in [-0.05, 0) is 27.4 Å². The highest BCUT2D eigenvalue weighted by Crippen LogP contribution is 2.13. The number of halogens is 1. The second-order valence-electron chi connectivity index (χ2n) is 7.35. The Hall–Kier alpha value is -0.540. The lowest BCUT2D eigenvalue weighted by atomic mass is 10.0. The van der Waals surface area contributed by atoms with E-state index in [1.165, 1.54) is 77.0 Å². The van der Waals surface area contributed by atoms with Crippen molar-refractivity contribution in [1.29, 1.82) is 0 Å². The Morgan fingerprint density at radius 2 is 1.22 bits per heavy atom. The number of esters is 1. The molecular formula is C23H48ClNO2. The van der Waals surface area contributed by atoms with E-state index in [2.05, 4.69) is 18.4 Å². The number of nitrogens with zero attached hydrogens (tertiary/aromatic N) is 1. The Morgan fingerprint density at radius 1 is 0.815 bits per heavy atom. The standard InChI is InChI=1S/C18H36O2.C5H11N.ClH/c1-3-5-6-7-8-9-10-11-12-13-14-15-16-17-18(19)20-4-2;1-4-5-6(2)3;/h3-17H2,1-2H3;4H,1,5H2,2-3H3;1H. The number of hydrogen-bond donors (Lipinski definition) is 0. The van der Waals surface area contributed by atoms with Crippen molar-refractivity contribution in [2.75, 3.05) is 27.2 Å². The van der Waals surface area contributed by atoms with Gasteiger partial charge in [0.15, 0.2) is 0 Å². The molecule has 0 rings (SSSR count). The fraction of sp³-hybridized carbons (Fsp3) is 0.870. The number of hydrogen-bond acceptors (Lipinski definition) is 3. The van der Waals surface area contributed by atoms with E-state index >= 15 is 0 Å². The van der Waals surface area contributed by atoms with Crippen LogP contribution in [-0.2, 0) is 9.53 Å². The molecule has 0 aromatic rings. The van der Waals surface area contributed by atoms with Gasteiger partial charge in [-0.15, -0.1) is 19.0 Å². The lowest BCUT2D eigenvalue weighted by molar-refractivity contribution is -0.143. The summed E-state index contributed by atoms with van der Waals surface area (Å²) in [7, 11) is 4.03. The molecule has 0 saturated heterocycles. The van der Waals surface area contributed by atoms with Crippen molar-refractivity contribution in [3.63, 3.8) is 0 Å². The van der Waals surface area contributed by atoms with E-state index in [0.717, 1.165) is 13.0 Å². The molecule has 0 unspecified atom stereocenters. The Kier molecular flexibility index (Phi) is 31.9. The summed E-state index contributed by atoms with van der Waals surface area (Å²) in [6.45, 7) is 9.18. The SMILES string of the molecule is C=CCN(C)C.CCCCCCCCCCCCCCCC(=O)OCC.Cl. The smallest absolute Gasteiger partial charge is 0.305 e. The van der Waals surface area contributed by atoms with E-state index in [4.69, 9.17) is 4.74 Å². The minimum Gasteiger partial charge on any atom is -0.466 e. The second-order valence-corrected chi connectivity index (χ2v) is 7.35. The molecule has 4 heteroatoms. The molecule has 0 atom stereocenters. The van der Waals surface area contributed by atoms with Crippen LogP contribution in [0.3, 0.4) is 0 Å². The molecule has 0 N–H and O–H groups in total. The fourth-order valence-corrected chi connectivity index (χ4v) is 2.78. The molecule has 0 fully saturated rings. The van der Waals surface area contributed by atoms with Crippen molar-refractivity contribution >= 4 is 18.4 Å². The summed E-state index contributed by atoms with van der Waals surface area (Å²) in [6.07, 6.45) is 19.9. The van der Waals surface area contributed by atoms with Crippen LogP contribution >= 0.6 is 12.4 Å². The van der Waals surface area contributed by atoms with Crippen LogP contribution in [0.1, 0.15) is 104 Å². The van der Waals surface area contributed by atoms with Crippen molar-refractivity contribution < 1.29 is 9.53 Å². The van der Waals surface area contributed by atoms with Gasteiger partial charge in [-0.25, -0.2) is 0 Å². The number of unbranched alkanes of at least 4 members (excludes halogenated alkanes) is 12. The number of ether oxygens (including phenoxy) is 1. The van der Waals surface area contributed by atoms with Crippen LogP contribution in [0.2, 0.25) is 0 Å². The summed E-state index contributed by atoms with van der Waals surface area (Å²) >= 11 is 0. The highest BCUT2D eigenvalue weighted by atomic mass is 35.5. The van der Waals surface area contributed by atoms with E-state index in [1.807, 2.05) is 27.1 Å². The zero-order valence-electron chi connectivity index (χ0n) is 18.8. The van der Waals surface area contributed by atoms with E-state index in [1.54, 1.807) is 0 Å². The first kappa shape index (κ1) is 31.2. The van der Waals surface area contributed by atoms with Gasteiger partial charge in [0.1, 0.15) is 0 Å². The monoisotopic (exact) mass is 405 g/mol. The zero-order valence-corrected chi connectivity index (χ0v) is 19.6. The van der Waals surface area contributed by atoms with Gasteiger partial charge >= 0.3 is 5.97 Å². The number of likely N-dealkylation sites (N-methyl/N-ethyl adjacent to an activating group) is 1. The summed E-state index contributed by atoms with van der Waals surface area (Å²) in [6, 6.07) is 0. The number of rotatable bonds is 17. The Morgan fingerprint density at radius 3 is 1.52 bits per heavy atom. The molecule has 0 aliphatic rings. The molecule has 0 aliphatic heterocycles. The minimum atomic E-state index is -0.0319. The summed E-state index contributed by atoms with van der Waals surface area (Å²) < 4.78 is 4.91. The van der Waals surface area contributed by atoms with Gasteiger partial charge in [0.05, 0.1) is 6.61 Å². The van der Waals surface area contributed by atoms with Crippen LogP contribution in [-0.4, -0.2) is 38.1 Å². The Balaban J connectivity index is -0.000000709. The molecular weight excluding hydrogens is 358 g/mol. The van der Waals surface area contributed by atoms with Crippen LogP contribution in [0.5, 0.6) is 0 Å². The first-order chi connectivity index (χ1) is 12.6. The maximum absolute atomic E-state index is 11.1. The van der Waals surface area contributed by atoms with Gasteiger partial charge in [-0.1, -0.05) is 90.0 Å². The lowest BCUT2D eigenvalue weighted by Crippen LogP contribution is -2.09. The molecule has 0 aromatic carbocycles. The van der Waals surface area contributed by atoms with Crippen LogP contribution < -0.4 is 0 Å². The molecule has 0 heterocycles. The number of carbonyl (C=O) groups is 1. The summed E-state index contributed by atoms with van der Waals surface area (Å²) in [4.78, 5) is 13.2. The van der Waals surface area contributed by atoms with Crippen molar-refractivity contribution in [1.82, 2.24) is 4.90 Å². The van der Waals surface area contributed by atoms with Gasteiger partial charge in [0.25, 0.3) is 0 Å². The van der Waals surface area contributed by atoms with Crippen molar-refractivity contribution in [3.8, 4) is 0 Å². The highest BCUT2D eigenvalue weighted by molar-refractivity contribution is 5.85. The van der Waals surface area contributed by atoms with Crippen LogP contribution in [0.25, 0.3) is 0 Å². The maximum Gasteiger partial charge on any atom is 0.305 e. The maximum atomic E-state index is 11.1. The summed E-state index contributed by atoms with van der Waals surface area (Å²) in [5.41, 5.74) is 0. The van der Waals surface area contributed by atoms with Crippen LogP contribution in [0.15, 0.2) is 12.7 Å². The van der Waals surface area contributed by atoms with Crippen molar-refractivity contribution in [3.05, 3.63) is 12.7 Å². The highest BCUT2D eigenvalue weighted by Gasteiger charge is 2.00. The van der Waals surface area contributed by atoms with Crippen molar-refractivity contribution in [2.45, 2.75) is 104 Å². The third-order valence-corrected chi connectivity index (χ3v) is 4.28. The summed E-state index contributed by atoms with van der Waals surface area (Å²) in [5.74, 6) is -0.0319. The quantitative estimate of drug-likeness (QED) is 0.146. The average Bonchev–Trinajstić information content (AvgIpc) is 2.59.